The molecule has 1 atom stereocenters. The summed E-state index contributed by atoms with van der Waals surface area (Å²) in [5, 5.41) is 2.42. The van der Waals surface area contributed by atoms with Crippen molar-refractivity contribution in [2.45, 2.75) is 6.04 Å². The Morgan fingerprint density at radius 3 is 3.00 bits per heavy atom. The number of aliphatic imine (C=N–C) groups is 1. The van der Waals surface area contributed by atoms with Gasteiger partial charge in [-0.1, -0.05) is 0 Å². The lowest BCUT2D eigenvalue weighted by Gasteiger charge is -1.97. The van der Waals surface area contributed by atoms with Gasteiger partial charge in [0.1, 0.15) is 0 Å². The van der Waals surface area contributed by atoms with Crippen LogP contribution in [0.1, 0.15) is 10.9 Å². The van der Waals surface area contributed by atoms with E-state index in [0.717, 1.165) is 4.88 Å². The largest absolute Gasteiger partial charge is 0.370 e. The quantitative estimate of drug-likeness (QED) is 0.621. The van der Waals surface area contributed by atoms with E-state index in [1.807, 2.05) is 0 Å². The molecule has 1 aromatic heterocycles. The van der Waals surface area contributed by atoms with Crippen LogP contribution in [0.15, 0.2) is 16.7 Å². The SMILES string of the molecule is NC1=NC(c2cncs2)C(=O)N1. The Labute approximate surface area is 72.3 Å². The van der Waals surface area contributed by atoms with E-state index >= 15 is 0 Å². The molecule has 2 rings (SSSR count). The minimum atomic E-state index is -0.488. The second-order valence-electron chi connectivity index (χ2n) is 2.31. The Bertz CT molecular complexity index is 331. The van der Waals surface area contributed by atoms with Crippen LogP contribution < -0.4 is 11.1 Å². The summed E-state index contributed by atoms with van der Waals surface area (Å²) >= 11 is 1.39. The molecule has 1 amide bonds. The standard InChI is InChI=1S/C6H6N4OS/c7-6-9-4(5(11)10-6)3-1-8-2-12-3/h1-2,4H,(H3,7,9,10,11). The monoisotopic (exact) mass is 182 g/mol. The molecular weight excluding hydrogens is 176 g/mol. The molecule has 2 heterocycles. The zero-order chi connectivity index (χ0) is 8.55. The van der Waals surface area contributed by atoms with Gasteiger partial charge in [0.2, 0.25) is 0 Å². The van der Waals surface area contributed by atoms with Crippen LogP contribution in [0.2, 0.25) is 0 Å². The Morgan fingerprint density at radius 2 is 2.50 bits per heavy atom. The molecule has 5 nitrogen and oxygen atoms in total. The fraction of sp³-hybridized carbons (Fsp3) is 0.167. The van der Waals surface area contributed by atoms with Crippen molar-refractivity contribution in [2.75, 3.05) is 0 Å². The van der Waals surface area contributed by atoms with Gasteiger partial charge >= 0.3 is 0 Å². The second-order valence-corrected chi connectivity index (χ2v) is 3.23. The normalized spacial score (nSPS) is 22.2. The highest BCUT2D eigenvalue weighted by Crippen LogP contribution is 2.23. The van der Waals surface area contributed by atoms with Crippen LogP contribution in [0.25, 0.3) is 0 Å². The van der Waals surface area contributed by atoms with Crippen molar-refractivity contribution in [1.82, 2.24) is 10.3 Å². The third-order valence-corrected chi connectivity index (χ3v) is 2.32. The second kappa shape index (κ2) is 2.56. The molecule has 0 saturated carbocycles. The molecule has 0 aromatic carbocycles. The third kappa shape index (κ3) is 1.06. The van der Waals surface area contributed by atoms with E-state index in [1.165, 1.54) is 11.3 Å². The van der Waals surface area contributed by atoms with Gasteiger partial charge in [0.15, 0.2) is 12.0 Å². The van der Waals surface area contributed by atoms with E-state index in [1.54, 1.807) is 11.7 Å². The number of nitrogens with one attached hydrogen (secondary N) is 1. The molecule has 1 aliphatic heterocycles. The molecule has 1 unspecified atom stereocenters. The Hall–Kier alpha value is -1.43. The summed E-state index contributed by atoms with van der Waals surface area (Å²) in [5.41, 5.74) is 6.98. The smallest absolute Gasteiger partial charge is 0.257 e. The van der Waals surface area contributed by atoms with Gasteiger partial charge in [-0.25, -0.2) is 4.99 Å². The fourth-order valence-electron chi connectivity index (χ4n) is 0.978. The summed E-state index contributed by atoms with van der Waals surface area (Å²) in [4.78, 5) is 19.7. The molecule has 0 bridgehead atoms. The molecule has 0 spiro atoms. The maximum atomic E-state index is 11.2. The Morgan fingerprint density at radius 1 is 1.67 bits per heavy atom. The predicted octanol–water partition coefficient (Wildman–Crippen LogP) is -0.371. The number of amides is 1. The number of aromatic nitrogens is 1. The number of hydrogen-bond acceptors (Lipinski definition) is 5. The molecule has 0 fully saturated rings. The molecule has 6 heteroatoms. The molecule has 3 N–H and O–H groups in total. The summed E-state index contributed by atoms with van der Waals surface area (Å²) in [5.74, 6) is -0.00449. The van der Waals surface area contributed by atoms with Gasteiger partial charge in [-0.15, -0.1) is 11.3 Å². The maximum absolute atomic E-state index is 11.2. The van der Waals surface area contributed by atoms with E-state index in [0.29, 0.717) is 0 Å². The Balaban J connectivity index is 2.31. The van der Waals surface area contributed by atoms with Crippen molar-refractivity contribution in [3.05, 3.63) is 16.6 Å². The zero-order valence-corrected chi connectivity index (χ0v) is 6.84. The summed E-state index contributed by atoms with van der Waals surface area (Å²) in [7, 11) is 0. The van der Waals surface area contributed by atoms with Crippen molar-refractivity contribution < 1.29 is 4.79 Å². The van der Waals surface area contributed by atoms with Crippen LogP contribution in [-0.2, 0) is 4.79 Å². The van der Waals surface area contributed by atoms with Crippen molar-refractivity contribution in [3.8, 4) is 0 Å². The summed E-state index contributed by atoms with van der Waals surface area (Å²) in [6, 6.07) is -0.488. The number of thiazole rings is 1. The lowest BCUT2D eigenvalue weighted by molar-refractivity contribution is -0.120. The van der Waals surface area contributed by atoms with E-state index in [-0.39, 0.29) is 11.9 Å². The van der Waals surface area contributed by atoms with Gasteiger partial charge in [0.25, 0.3) is 5.91 Å². The first-order valence-corrected chi connectivity index (χ1v) is 4.18. The van der Waals surface area contributed by atoms with Gasteiger partial charge in [-0.05, 0) is 0 Å². The average Bonchev–Trinajstić information content (AvgIpc) is 2.58. The lowest BCUT2D eigenvalue weighted by atomic mass is 10.3. The fourth-order valence-corrected chi connectivity index (χ4v) is 1.63. The number of rotatable bonds is 1. The van der Waals surface area contributed by atoms with E-state index < -0.39 is 6.04 Å². The van der Waals surface area contributed by atoms with E-state index in [9.17, 15) is 4.79 Å². The van der Waals surface area contributed by atoms with Crippen LogP contribution in [0.5, 0.6) is 0 Å². The first kappa shape index (κ1) is 7.23. The lowest BCUT2D eigenvalue weighted by Crippen LogP contribution is -2.31. The minimum Gasteiger partial charge on any atom is -0.370 e. The average molecular weight is 182 g/mol. The molecular formula is C6H6N4OS. The summed E-state index contributed by atoms with van der Waals surface area (Å²) in [6.07, 6.45) is 1.62. The van der Waals surface area contributed by atoms with Crippen molar-refractivity contribution in [1.29, 1.82) is 0 Å². The number of nitrogens with two attached hydrogens (primary N) is 1. The van der Waals surface area contributed by atoms with Crippen LogP contribution in [0.3, 0.4) is 0 Å². The van der Waals surface area contributed by atoms with E-state index in [2.05, 4.69) is 15.3 Å². The van der Waals surface area contributed by atoms with Crippen LogP contribution in [-0.4, -0.2) is 16.9 Å². The van der Waals surface area contributed by atoms with Gasteiger partial charge in [-0.2, -0.15) is 0 Å². The molecule has 0 aliphatic carbocycles. The number of nitrogens with zero attached hydrogens (tertiary/aromatic N) is 2. The zero-order valence-electron chi connectivity index (χ0n) is 6.02. The number of hydrogen-bond donors (Lipinski definition) is 2. The van der Waals surface area contributed by atoms with E-state index in [4.69, 9.17) is 5.73 Å². The molecule has 0 radical (unpaired) electrons. The molecule has 62 valence electrons. The Kier molecular flexibility index (Phi) is 1.54. The predicted molar refractivity (Wildman–Crippen MR) is 44.6 cm³/mol. The van der Waals surface area contributed by atoms with Crippen LogP contribution >= 0.6 is 11.3 Å². The van der Waals surface area contributed by atoms with Crippen molar-refractivity contribution >= 4 is 23.2 Å². The van der Waals surface area contributed by atoms with Gasteiger partial charge in [0.05, 0.1) is 10.4 Å². The van der Waals surface area contributed by atoms with Crippen LogP contribution in [0, 0.1) is 0 Å². The highest BCUT2D eigenvalue weighted by atomic mass is 32.1. The molecule has 0 saturated heterocycles. The topological polar surface area (TPSA) is 80.4 Å². The van der Waals surface area contributed by atoms with Crippen LogP contribution in [0.4, 0.5) is 0 Å². The minimum absolute atomic E-state index is 0.179. The summed E-state index contributed by atoms with van der Waals surface area (Å²) in [6.45, 7) is 0. The first-order valence-electron chi connectivity index (χ1n) is 3.30. The number of guanidine groups is 1. The number of carbonyl (C=O) groups is 1. The highest BCUT2D eigenvalue weighted by Gasteiger charge is 2.27. The van der Waals surface area contributed by atoms with Gasteiger partial charge in [0, 0.05) is 6.20 Å². The van der Waals surface area contributed by atoms with Gasteiger partial charge < -0.3 is 5.73 Å². The summed E-state index contributed by atoms with van der Waals surface area (Å²) < 4.78 is 0. The molecule has 1 aliphatic rings. The first-order chi connectivity index (χ1) is 5.77. The van der Waals surface area contributed by atoms with Crippen molar-refractivity contribution in [3.63, 3.8) is 0 Å². The third-order valence-electron chi connectivity index (χ3n) is 1.49. The maximum Gasteiger partial charge on any atom is 0.257 e. The molecule has 12 heavy (non-hydrogen) atoms. The van der Waals surface area contributed by atoms with Crippen molar-refractivity contribution in [2.24, 2.45) is 10.7 Å². The van der Waals surface area contributed by atoms with Gasteiger partial charge in [-0.3, -0.25) is 15.1 Å². The highest BCUT2D eigenvalue weighted by molar-refractivity contribution is 7.09. The number of carbonyl (C=O) groups excluding carboxylic acids is 1. The molecule has 1 aromatic rings.